The van der Waals surface area contributed by atoms with Crippen molar-refractivity contribution in [3.8, 4) is 16.9 Å². The molecule has 0 aliphatic rings. The highest BCUT2D eigenvalue weighted by Crippen LogP contribution is 2.30. The van der Waals surface area contributed by atoms with E-state index in [1.54, 1.807) is 12.1 Å². The van der Waals surface area contributed by atoms with Gasteiger partial charge in [-0.3, -0.25) is 0 Å². The summed E-state index contributed by atoms with van der Waals surface area (Å²) in [5, 5.41) is 9.25. The molecule has 0 saturated carbocycles. The van der Waals surface area contributed by atoms with Crippen LogP contribution in [0, 0.1) is 19.7 Å². The van der Waals surface area contributed by atoms with Crippen LogP contribution in [0.15, 0.2) is 97.3 Å². The molecule has 0 aliphatic heterocycles. The van der Waals surface area contributed by atoms with Crippen LogP contribution in [0.1, 0.15) is 39.8 Å². The quantitative estimate of drug-likeness (QED) is 0.231. The lowest BCUT2D eigenvalue weighted by molar-refractivity contribution is 0.304. The topological polar surface area (TPSA) is 29.5 Å². The highest BCUT2D eigenvalue weighted by molar-refractivity contribution is 5.72. The van der Waals surface area contributed by atoms with Crippen LogP contribution >= 0.6 is 0 Å². The van der Waals surface area contributed by atoms with Gasteiger partial charge in [-0.1, -0.05) is 73.3 Å². The molecule has 0 heterocycles. The molecule has 184 valence electrons. The zero-order valence-electron chi connectivity index (χ0n) is 21.1. The highest BCUT2D eigenvalue weighted by atomic mass is 19.1. The van der Waals surface area contributed by atoms with Crippen molar-refractivity contribution in [3.05, 3.63) is 136 Å². The maximum absolute atomic E-state index is 14.4. The number of aliphatic hydroxyl groups excluding tert-OH is 1. The van der Waals surface area contributed by atoms with E-state index in [1.807, 2.05) is 12.1 Å². The van der Waals surface area contributed by atoms with Crippen molar-refractivity contribution in [2.45, 2.75) is 46.1 Å². The van der Waals surface area contributed by atoms with Gasteiger partial charge < -0.3 is 9.84 Å². The molecule has 0 atom stereocenters. The van der Waals surface area contributed by atoms with Crippen molar-refractivity contribution in [1.82, 2.24) is 0 Å². The van der Waals surface area contributed by atoms with Gasteiger partial charge in [-0.15, -0.1) is 0 Å². The Labute approximate surface area is 213 Å². The van der Waals surface area contributed by atoms with E-state index >= 15 is 0 Å². The molecule has 1 N–H and O–H groups in total. The van der Waals surface area contributed by atoms with E-state index in [1.165, 1.54) is 33.9 Å². The van der Waals surface area contributed by atoms with Crippen molar-refractivity contribution in [2.75, 3.05) is 0 Å². The van der Waals surface area contributed by atoms with E-state index in [4.69, 9.17) is 4.74 Å². The Bertz CT molecular complexity index is 1320. The molecule has 3 heteroatoms. The van der Waals surface area contributed by atoms with Crippen molar-refractivity contribution >= 4 is 0 Å². The summed E-state index contributed by atoms with van der Waals surface area (Å²) in [5.41, 5.74) is 9.21. The van der Waals surface area contributed by atoms with E-state index in [2.05, 4.69) is 75.0 Å². The van der Waals surface area contributed by atoms with Crippen LogP contribution in [-0.4, -0.2) is 5.11 Å². The van der Waals surface area contributed by atoms with E-state index in [0.717, 1.165) is 24.0 Å². The lowest BCUT2D eigenvalue weighted by Crippen LogP contribution is -1.99. The van der Waals surface area contributed by atoms with Crippen molar-refractivity contribution in [1.29, 1.82) is 0 Å². The summed E-state index contributed by atoms with van der Waals surface area (Å²) in [5.74, 6) is 0.211. The molecule has 0 aliphatic carbocycles. The van der Waals surface area contributed by atoms with Crippen LogP contribution in [-0.2, 0) is 25.9 Å². The first kappa shape index (κ1) is 25.2. The summed E-state index contributed by atoms with van der Waals surface area (Å²) in [4.78, 5) is 0. The number of benzene rings is 4. The molecule has 0 fully saturated rings. The van der Waals surface area contributed by atoms with Gasteiger partial charge in [0.25, 0.3) is 0 Å². The van der Waals surface area contributed by atoms with Gasteiger partial charge in [-0.25, -0.2) is 4.39 Å². The lowest BCUT2D eigenvalue weighted by atomic mass is 9.91. The molecular weight excluding hydrogens is 447 g/mol. The van der Waals surface area contributed by atoms with E-state index in [-0.39, 0.29) is 11.6 Å². The SMILES string of the molecule is C=C(O)CCc1ccc(OCc2cccc(-c3c(C)cc(CCc4ccccc4)cc3C)c2)cc1F. The van der Waals surface area contributed by atoms with Gasteiger partial charge in [-0.2, -0.15) is 0 Å². The van der Waals surface area contributed by atoms with Crippen molar-refractivity contribution in [2.24, 2.45) is 0 Å². The van der Waals surface area contributed by atoms with Crippen LogP contribution in [0.25, 0.3) is 11.1 Å². The van der Waals surface area contributed by atoms with Gasteiger partial charge in [0, 0.05) is 12.5 Å². The smallest absolute Gasteiger partial charge is 0.130 e. The van der Waals surface area contributed by atoms with Gasteiger partial charge in [0.2, 0.25) is 0 Å². The first-order valence-electron chi connectivity index (χ1n) is 12.4. The van der Waals surface area contributed by atoms with Crippen molar-refractivity contribution < 1.29 is 14.2 Å². The average Bonchev–Trinajstić information content (AvgIpc) is 2.86. The minimum absolute atomic E-state index is 0.0573. The molecule has 0 bridgehead atoms. The summed E-state index contributed by atoms with van der Waals surface area (Å²) >= 11 is 0. The highest BCUT2D eigenvalue weighted by Gasteiger charge is 2.10. The lowest BCUT2D eigenvalue weighted by Gasteiger charge is -2.15. The summed E-state index contributed by atoms with van der Waals surface area (Å²) in [6, 6.07) is 28.4. The number of hydrogen-bond donors (Lipinski definition) is 1. The van der Waals surface area contributed by atoms with Gasteiger partial charge >= 0.3 is 0 Å². The maximum Gasteiger partial charge on any atom is 0.130 e. The molecule has 4 rings (SSSR count). The minimum atomic E-state index is -0.332. The molecule has 0 unspecified atom stereocenters. The third-order valence-corrected chi connectivity index (χ3v) is 6.47. The number of allylic oxidation sites excluding steroid dienone is 1. The summed E-state index contributed by atoms with van der Waals surface area (Å²) in [6.45, 7) is 8.16. The summed E-state index contributed by atoms with van der Waals surface area (Å²) in [7, 11) is 0. The van der Waals surface area contributed by atoms with Gasteiger partial charge in [0.05, 0.1) is 5.76 Å². The molecule has 0 spiro atoms. The number of ether oxygens (including phenoxy) is 1. The van der Waals surface area contributed by atoms with Crippen LogP contribution < -0.4 is 4.74 Å². The summed E-state index contributed by atoms with van der Waals surface area (Å²) < 4.78 is 20.3. The first-order chi connectivity index (χ1) is 17.4. The van der Waals surface area contributed by atoms with E-state index < -0.39 is 0 Å². The molecule has 0 saturated heterocycles. The van der Waals surface area contributed by atoms with Crippen LogP contribution in [0.2, 0.25) is 0 Å². The van der Waals surface area contributed by atoms with Crippen LogP contribution in [0.3, 0.4) is 0 Å². The molecule has 0 amide bonds. The summed E-state index contributed by atoms with van der Waals surface area (Å²) in [6.07, 6.45) is 2.80. The fourth-order valence-corrected chi connectivity index (χ4v) is 4.67. The van der Waals surface area contributed by atoms with Gasteiger partial charge in [0.1, 0.15) is 18.2 Å². The second-order valence-corrected chi connectivity index (χ2v) is 9.40. The number of halogens is 1. The maximum atomic E-state index is 14.4. The number of hydrogen-bond acceptors (Lipinski definition) is 2. The molecule has 4 aromatic rings. The predicted molar refractivity (Wildman–Crippen MR) is 146 cm³/mol. The Morgan fingerprint density at radius 1 is 0.778 bits per heavy atom. The van der Waals surface area contributed by atoms with Crippen molar-refractivity contribution in [3.63, 3.8) is 0 Å². The van der Waals surface area contributed by atoms with E-state index in [9.17, 15) is 9.50 Å². The first-order valence-corrected chi connectivity index (χ1v) is 12.4. The van der Waals surface area contributed by atoms with E-state index in [0.29, 0.717) is 30.8 Å². The molecule has 2 nitrogen and oxygen atoms in total. The Hall–Kier alpha value is -3.85. The fourth-order valence-electron chi connectivity index (χ4n) is 4.67. The Morgan fingerprint density at radius 2 is 1.47 bits per heavy atom. The number of aliphatic hydroxyl groups is 1. The van der Waals surface area contributed by atoms with Crippen LogP contribution in [0.5, 0.6) is 5.75 Å². The normalized spacial score (nSPS) is 10.9. The monoisotopic (exact) mass is 480 g/mol. The second kappa shape index (κ2) is 11.7. The third-order valence-electron chi connectivity index (χ3n) is 6.47. The average molecular weight is 481 g/mol. The predicted octanol–water partition coefficient (Wildman–Crippen LogP) is 8.48. The number of rotatable bonds is 10. The molecule has 0 aromatic heterocycles. The molecule has 4 aromatic carbocycles. The Morgan fingerprint density at radius 3 is 2.17 bits per heavy atom. The standard InChI is InChI=1S/C33H33FO2/c1-23-18-27(14-13-26-8-5-4-6-9-26)19-24(2)33(23)30-11-7-10-28(20-30)22-36-31-17-16-29(32(34)21-31)15-12-25(3)35/h4-11,16-21,35H,3,12-15,22H2,1-2H3. The zero-order chi connectivity index (χ0) is 25.5. The molecule has 36 heavy (non-hydrogen) atoms. The van der Waals surface area contributed by atoms with Crippen LogP contribution in [0.4, 0.5) is 4.39 Å². The second-order valence-electron chi connectivity index (χ2n) is 9.40. The Balaban J connectivity index is 1.44. The largest absolute Gasteiger partial charge is 0.513 e. The minimum Gasteiger partial charge on any atom is -0.513 e. The van der Waals surface area contributed by atoms with Gasteiger partial charge in [-0.05, 0) is 89.8 Å². The van der Waals surface area contributed by atoms with Gasteiger partial charge in [0.15, 0.2) is 0 Å². The number of aryl methyl sites for hydroxylation is 5. The molecule has 0 radical (unpaired) electrons. The molecular formula is C33H33FO2. The fraction of sp³-hybridized carbons (Fsp3) is 0.212. The third kappa shape index (κ3) is 6.63. The Kier molecular flexibility index (Phi) is 8.22. The zero-order valence-corrected chi connectivity index (χ0v) is 21.1.